The highest BCUT2D eigenvalue weighted by Crippen LogP contribution is 2.32. The molecule has 0 aliphatic rings. The van der Waals surface area contributed by atoms with Crippen molar-refractivity contribution in [2.24, 2.45) is 0 Å². The predicted molar refractivity (Wildman–Crippen MR) is 81.9 cm³/mol. The minimum absolute atomic E-state index is 0.367. The molecule has 0 spiro atoms. The van der Waals surface area contributed by atoms with Gasteiger partial charge in [0.05, 0.1) is 14.2 Å². The van der Waals surface area contributed by atoms with Gasteiger partial charge in [-0.15, -0.1) is 0 Å². The highest BCUT2D eigenvalue weighted by molar-refractivity contribution is 5.91. The summed E-state index contributed by atoms with van der Waals surface area (Å²) in [5, 5.41) is 0. The number of allylic oxidation sites excluding steroid dienone is 1. The smallest absolute Gasteiger partial charge is 0.330 e. The Bertz CT molecular complexity index is 663. The number of rotatable bonds is 4. The molecule has 0 saturated heterocycles. The Labute approximate surface area is 124 Å². The van der Waals surface area contributed by atoms with Crippen LogP contribution < -0.4 is 4.74 Å². The van der Waals surface area contributed by atoms with Gasteiger partial charge in [0, 0.05) is 24.0 Å². The number of ether oxygens (including phenoxy) is 2. The van der Waals surface area contributed by atoms with Gasteiger partial charge in [-0.2, -0.15) is 0 Å². The Morgan fingerprint density at radius 2 is 1.86 bits per heavy atom. The second-order valence-corrected chi connectivity index (χ2v) is 4.50. The topological polar surface area (TPSA) is 48.4 Å². The molecular weight excluding hydrogens is 266 g/mol. The van der Waals surface area contributed by atoms with Gasteiger partial charge in [-0.3, -0.25) is 4.98 Å². The first-order chi connectivity index (χ1) is 10.2. The third-order valence-corrected chi connectivity index (χ3v) is 3.18. The van der Waals surface area contributed by atoms with Crippen LogP contribution in [0.5, 0.6) is 5.75 Å². The molecule has 2 rings (SSSR count). The lowest BCUT2D eigenvalue weighted by Crippen LogP contribution is -1.96. The van der Waals surface area contributed by atoms with Crippen LogP contribution in [0.3, 0.4) is 0 Å². The molecular formula is C17H17NO3. The van der Waals surface area contributed by atoms with E-state index in [2.05, 4.69) is 9.72 Å². The Kier molecular flexibility index (Phi) is 4.72. The third-order valence-electron chi connectivity index (χ3n) is 3.18. The molecule has 4 heteroatoms. The number of pyridine rings is 1. The number of carbonyl (C=O) groups excluding carboxylic acids is 1. The van der Waals surface area contributed by atoms with E-state index in [1.54, 1.807) is 19.5 Å². The number of aromatic nitrogens is 1. The minimum atomic E-state index is -0.367. The zero-order valence-electron chi connectivity index (χ0n) is 12.3. The molecule has 4 nitrogen and oxygen atoms in total. The van der Waals surface area contributed by atoms with Crippen LogP contribution in [0.15, 0.2) is 48.8 Å². The highest BCUT2D eigenvalue weighted by Gasteiger charge is 2.08. The minimum Gasteiger partial charge on any atom is -0.496 e. The third kappa shape index (κ3) is 3.48. The molecule has 0 radical (unpaired) electrons. The predicted octanol–water partition coefficient (Wildman–Crippen LogP) is 3.33. The van der Waals surface area contributed by atoms with Crippen molar-refractivity contribution in [1.82, 2.24) is 4.98 Å². The molecule has 0 unspecified atom stereocenters. The molecule has 108 valence electrons. The molecule has 0 saturated carbocycles. The van der Waals surface area contributed by atoms with E-state index in [0.717, 1.165) is 28.0 Å². The zero-order valence-corrected chi connectivity index (χ0v) is 12.3. The van der Waals surface area contributed by atoms with Crippen LogP contribution in [-0.2, 0) is 9.53 Å². The van der Waals surface area contributed by atoms with E-state index in [1.807, 2.05) is 37.3 Å². The van der Waals surface area contributed by atoms with Crippen LogP contribution >= 0.6 is 0 Å². The van der Waals surface area contributed by atoms with E-state index < -0.39 is 0 Å². The summed E-state index contributed by atoms with van der Waals surface area (Å²) in [5.41, 5.74) is 3.73. The standard InChI is InChI=1S/C17H17NO3/c1-12(10-17(19)21-3)14-4-5-16(20-2)15(11-14)13-6-8-18-9-7-13/h4-11H,1-3H3/b12-10+. The maximum absolute atomic E-state index is 11.3. The second-order valence-electron chi connectivity index (χ2n) is 4.50. The average Bonchev–Trinajstić information content (AvgIpc) is 2.54. The van der Waals surface area contributed by atoms with E-state index in [0.29, 0.717) is 0 Å². The number of esters is 1. The Balaban J connectivity index is 2.48. The van der Waals surface area contributed by atoms with Crippen molar-refractivity contribution >= 4 is 11.5 Å². The van der Waals surface area contributed by atoms with Gasteiger partial charge < -0.3 is 9.47 Å². The fraction of sp³-hybridized carbons (Fsp3) is 0.176. The Morgan fingerprint density at radius 3 is 2.48 bits per heavy atom. The van der Waals surface area contributed by atoms with Gasteiger partial charge in [0.1, 0.15) is 5.75 Å². The van der Waals surface area contributed by atoms with Crippen molar-refractivity contribution in [3.63, 3.8) is 0 Å². The monoisotopic (exact) mass is 283 g/mol. The lowest BCUT2D eigenvalue weighted by atomic mass is 9.99. The highest BCUT2D eigenvalue weighted by atomic mass is 16.5. The first kappa shape index (κ1) is 14.8. The zero-order chi connectivity index (χ0) is 15.2. The van der Waals surface area contributed by atoms with E-state index in [9.17, 15) is 4.79 Å². The maximum Gasteiger partial charge on any atom is 0.330 e. The van der Waals surface area contributed by atoms with Crippen molar-refractivity contribution in [3.8, 4) is 16.9 Å². The molecule has 1 aromatic carbocycles. The van der Waals surface area contributed by atoms with Gasteiger partial charge in [-0.05, 0) is 47.9 Å². The molecule has 0 aliphatic heterocycles. The van der Waals surface area contributed by atoms with Gasteiger partial charge in [-0.25, -0.2) is 4.79 Å². The Morgan fingerprint density at radius 1 is 1.14 bits per heavy atom. The molecule has 1 heterocycles. The van der Waals surface area contributed by atoms with Crippen LogP contribution in [0.4, 0.5) is 0 Å². The number of hydrogen-bond donors (Lipinski definition) is 0. The van der Waals surface area contributed by atoms with E-state index in [4.69, 9.17) is 4.74 Å². The summed E-state index contributed by atoms with van der Waals surface area (Å²) in [6, 6.07) is 9.63. The fourth-order valence-corrected chi connectivity index (χ4v) is 2.03. The number of hydrogen-bond acceptors (Lipinski definition) is 4. The number of methoxy groups -OCH3 is 2. The van der Waals surface area contributed by atoms with Gasteiger partial charge >= 0.3 is 5.97 Å². The average molecular weight is 283 g/mol. The molecule has 0 N–H and O–H groups in total. The summed E-state index contributed by atoms with van der Waals surface area (Å²) in [4.78, 5) is 15.4. The number of nitrogens with zero attached hydrogens (tertiary/aromatic N) is 1. The molecule has 1 aromatic heterocycles. The molecule has 0 bridgehead atoms. The van der Waals surface area contributed by atoms with E-state index in [1.165, 1.54) is 13.2 Å². The molecule has 0 aliphatic carbocycles. The lowest BCUT2D eigenvalue weighted by Gasteiger charge is -2.11. The van der Waals surface area contributed by atoms with Gasteiger partial charge in [0.2, 0.25) is 0 Å². The lowest BCUT2D eigenvalue weighted by molar-refractivity contribution is -0.134. The maximum atomic E-state index is 11.3. The van der Waals surface area contributed by atoms with Crippen LogP contribution in [0.2, 0.25) is 0 Å². The van der Waals surface area contributed by atoms with Crippen molar-refractivity contribution < 1.29 is 14.3 Å². The summed E-state index contributed by atoms with van der Waals surface area (Å²) in [6.07, 6.45) is 4.94. The summed E-state index contributed by atoms with van der Waals surface area (Å²) in [5.74, 6) is 0.407. The molecule has 0 fully saturated rings. The number of benzene rings is 1. The van der Waals surface area contributed by atoms with Gasteiger partial charge in [0.15, 0.2) is 0 Å². The normalized spacial score (nSPS) is 11.1. The Hall–Kier alpha value is -2.62. The molecule has 0 atom stereocenters. The van der Waals surface area contributed by atoms with E-state index >= 15 is 0 Å². The molecule has 21 heavy (non-hydrogen) atoms. The fourth-order valence-electron chi connectivity index (χ4n) is 2.03. The van der Waals surface area contributed by atoms with Crippen molar-refractivity contribution in [2.75, 3.05) is 14.2 Å². The van der Waals surface area contributed by atoms with Gasteiger partial charge in [-0.1, -0.05) is 6.07 Å². The van der Waals surface area contributed by atoms with Gasteiger partial charge in [0.25, 0.3) is 0 Å². The molecule has 2 aromatic rings. The molecule has 0 amide bonds. The number of carbonyl (C=O) groups is 1. The van der Waals surface area contributed by atoms with E-state index in [-0.39, 0.29) is 5.97 Å². The second kappa shape index (κ2) is 6.70. The van der Waals surface area contributed by atoms with Crippen LogP contribution in [0.1, 0.15) is 12.5 Å². The van der Waals surface area contributed by atoms with Crippen LogP contribution in [0.25, 0.3) is 16.7 Å². The first-order valence-corrected chi connectivity index (χ1v) is 6.50. The van der Waals surface area contributed by atoms with Crippen molar-refractivity contribution in [1.29, 1.82) is 0 Å². The summed E-state index contributed by atoms with van der Waals surface area (Å²) >= 11 is 0. The quantitative estimate of drug-likeness (QED) is 0.638. The summed E-state index contributed by atoms with van der Waals surface area (Å²) in [6.45, 7) is 1.87. The SMILES string of the molecule is COC(=O)/C=C(\C)c1ccc(OC)c(-c2ccncc2)c1. The van der Waals surface area contributed by atoms with Crippen molar-refractivity contribution in [2.45, 2.75) is 6.92 Å². The largest absolute Gasteiger partial charge is 0.496 e. The van der Waals surface area contributed by atoms with Crippen molar-refractivity contribution in [3.05, 3.63) is 54.4 Å². The van der Waals surface area contributed by atoms with Crippen LogP contribution in [0, 0.1) is 0 Å². The summed E-state index contributed by atoms with van der Waals surface area (Å²) < 4.78 is 10.1. The first-order valence-electron chi connectivity index (χ1n) is 6.50. The van der Waals surface area contributed by atoms with Crippen LogP contribution in [-0.4, -0.2) is 25.2 Å². The summed E-state index contributed by atoms with van der Waals surface area (Å²) in [7, 11) is 3.00.